The minimum Gasteiger partial charge on any atom is -0.269 e. The van der Waals surface area contributed by atoms with Crippen molar-refractivity contribution in [2.75, 3.05) is 5.33 Å². The number of hydrogen-bond donors (Lipinski definition) is 0. The average molecular weight is 314 g/mol. The first-order chi connectivity index (χ1) is 8.24. The van der Waals surface area contributed by atoms with E-state index in [0.29, 0.717) is 11.9 Å². The number of unbranched alkanes of at least 4 members (excludes halogenated alkanes) is 1. The maximum Gasteiger partial charge on any atom is 0.310 e. The standard InChI is InChI=1S/C12H12BrNO2S/c13-7-3-4-8-14-11(15)9-5-1-2-6-10(9)17-12(14)16/h1-2,5-6H,3-4,7-8H2. The zero-order chi connectivity index (χ0) is 12.3. The molecule has 2 aromatic rings. The van der Waals surface area contributed by atoms with Gasteiger partial charge in [-0.2, -0.15) is 0 Å². The molecular formula is C12H12BrNO2S. The Bertz CT molecular complexity index is 632. The lowest BCUT2D eigenvalue weighted by Gasteiger charge is -2.04. The Labute approximate surface area is 111 Å². The van der Waals surface area contributed by atoms with Crippen molar-refractivity contribution in [2.45, 2.75) is 19.4 Å². The molecule has 0 atom stereocenters. The van der Waals surface area contributed by atoms with Crippen LogP contribution in [0.2, 0.25) is 0 Å². The van der Waals surface area contributed by atoms with E-state index in [4.69, 9.17) is 0 Å². The molecule has 1 aromatic carbocycles. The van der Waals surface area contributed by atoms with Gasteiger partial charge < -0.3 is 0 Å². The summed E-state index contributed by atoms with van der Waals surface area (Å²) in [6.07, 6.45) is 1.80. The zero-order valence-corrected chi connectivity index (χ0v) is 11.6. The van der Waals surface area contributed by atoms with Crippen LogP contribution >= 0.6 is 27.3 Å². The van der Waals surface area contributed by atoms with Gasteiger partial charge in [-0.25, -0.2) is 0 Å². The Morgan fingerprint density at radius 3 is 2.71 bits per heavy atom. The van der Waals surface area contributed by atoms with Crippen molar-refractivity contribution in [1.29, 1.82) is 0 Å². The molecule has 3 nitrogen and oxygen atoms in total. The molecule has 2 rings (SSSR count). The molecule has 17 heavy (non-hydrogen) atoms. The normalized spacial score (nSPS) is 10.9. The van der Waals surface area contributed by atoms with Crippen molar-refractivity contribution >= 4 is 37.4 Å². The summed E-state index contributed by atoms with van der Waals surface area (Å²) in [6.45, 7) is 0.505. The molecule has 0 spiro atoms. The number of benzene rings is 1. The van der Waals surface area contributed by atoms with Crippen LogP contribution in [0.25, 0.3) is 10.1 Å². The highest BCUT2D eigenvalue weighted by Crippen LogP contribution is 2.11. The van der Waals surface area contributed by atoms with Gasteiger partial charge in [0.15, 0.2) is 0 Å². The Balaban J connectivity index is 2.49. The van der Waals surface area contributed by atoms with Crippen LogP contribution in [-0.2, 0) is 6.54 Å². The zero-order valence-electron chi connectivity index (χ0n) is 9.19. The number of halogens is 1. The van der Waals surface area contributed by atoms with Gasteiger partial charge >= 0.3 is 4.87 Å². The summed E-state index contributed by atoms with van der Waals surface area (Å²) in [4.78, 5) is 23.8. The lowest BCUT2D eigenvalue weighted by Crippen LogP contribution is -2.31. The Morgan fingerprint density at radius 2 is 1.94 bits per heavy atom. The number of nitrogens with zero attached hydrogens (tertiary/aromatic N) is 1. The smallest absolute Gasteiger partial charge is 0.269 e. The lowest BCUT2D eigenvalue weighted by atomic mass is 10.3. The lowest BCUT2D eigenvalue weighted by molar-refractivity contribution is 0.612. The topological polar surface area (TPSA) is 39.1 Å². The van der Waals surface area contributed by atoms with Gasteiger partial charge in [-0.15, -0.1) is 0 Å². The van der Waals surface area contributed by atoms with Crippen LogP contribution in [-0.4, -0.2) is 9.90 Å². The first-order valence-electron chi connectivity index (χ1n) is 5.42. The molecule has 0 saturated heterocycles. The molecule has 0 bridgehead atoms. The maximum atomic E-state index is 12.1. The summed E-state index contributed by atoms with van der Waals surface area (Å²) < 4.78 is 2.11. The van der Waals surface area contributed by atoms with Gasteiger partial charge in [-0.05, 0) is 25.0 Å². The predicted molar refractivity (Wildman–Crippen MR) is 75.4 cm³/mol. The van der Waals surface area contributed by atoms with E-state index >= 15 is 0 Å². The maximum absolute atomic E-state index is 12.1. The van der Waals surface area contributed by atoms with Gasteiger partial charge in [0.2, 0.25) is 0 Å². The van der Waals surface area contributed by atoms with Crippen LogP contribution in [0, 0.1) is 0 Å². The molecule has 0 N–H and O–H groups in total. The molecule has 0 fully saturated rings. The van der Waals surface area contributed by atoms with E-state index in [1.54, 1.807) is 6.07 Å². The Kier molecular flexibility index (Phi) is 4.12. The van der Waals surface area contributed by atoms with E-state index in [2.05, 4.69) is 15.9 Å². The number of fused-ring (bicyclic) bond motifs is 1. The first-order valence-corrected chi connectivity index (χ1v) is 7.36. The predicted octanol–water partition coefficient (Wildman–Crippen LogP) is 2.60. The monoisotopic (exact) mass is 313 g/mol. The van der Waals surface area contributed by atoms with Gasteiger partial charge in [0, 0.05) is 16.6 Å². The van der Waals surface area contributed by atoms with Gasteiger partial charge in [0.1, 0.15) is 0 Å². The second-order valence-electron chi connectivity index (χ2n) is 3.72. The first kappa shape index (κ1) is 12.5. The molecule has 0 amide bonds. The summed E-state index contributed by atoms with van der Waals surface area (Å²) in [5, 5.41) is 1.53. The molecule has 0 radical (unpaired) electrons. The van der Waals surface area contributed by atoms with Crippen molar-refractivity contribution in [3.8, 4) is 0 Å². The van der Waals surface area contributed by atoms with Crippen LogP contribution in [0.1, 0.15) is 12.8 Å². The number of rotatable bonds is 4. The van der Waals surface area contributed by atoms with Crippen LogP contribution in [0.4, 0.5) is 0 Å². The number of aromatic nitrogens is 1. The molecule has 0 unspecified atom stereocenters. The average Bonchev–Trinajstić information content (AvgIpc) is 2.33. The van der Waals surface area contributed by atoms with Crippen molar-refractivity contribution < 1.29 is 0 Å². The number of alkyl halides is 1. The minimum atomic E-state index is -0.168. The molecule has 1 aromatic heterocycles. The van der Waals surface area contributed by atoms with Gasteiger partial charge in [-0.1, -0.05) is 39.4 Å². The summed E-state index contributed by atoms with van der Waals surface area (Å²) in [5.74, 6) is 0. The van der Waals surface area contributed by atoms with E-state index in [9.17, 15) is 9.59 Å². The van der Waals surface area contributed by atoms with Gasteiger partial charge in [-0.3, -0.25) is 14.2 Å². The largest absolute Gasteiger partial charge is 0.310 e. The molecule has 90 valence electrons. The fourth-order valence-corrected chi connectivity index (χ4v) is 2.95. The molecule has 0 saturated carbocycles. The van der Waals surface area contributed by atoms with Crippen LogP contribution in [0.3, 0.4) is 0 Å². The Hall–Kier alpha value is -0.940. The van der Waals surface area contributed by atoms with Crippen LogP contribution < -0.4 is 10.4 Å². The van der Waals surface area contributed by atoms with Crippen molar-refractivity contribution in [3.63, 3.8) is 0 Å². The van der Waals surface area contributed by atoms with Crippen molar-refractivity contribution in [3.05, 3.63) is 44.3 Å². The third kappa shape index (κ3) is 2.66. The molecule has 5 heteroatoms. The summed E-state index contributed by atoms with van der Waals surface area (Å²) >= 11 is 4.47. The van der Waals surface area contributed by atoms with Gasteiger partial charge in [0.05, 0.1) is 5.39 Å². The highest BCUT2D eigenvalue weighted by atomic mass is 79.9. The Morgan fingerprint density at radius 1 is 1.18 bits per heavy atom. The minimum absolute atomic E-state index is 0.164. The quantitative estimate of drug-likeness (QED) is 0.643. The fraction of sp³-hybridized carbons (Fsp3) is 0.333. The van der Waals surface area contributed by atoms with E-state index in [1.165, 1.54) is 4.57 Å². The molecule has 1 heterocycles. The summed E-state index contributed by atoms with van der Waals surface area (Å²) in [7, 11) is 0. The van der Waals surface area contributed by atoms with E-state index in [0.717, 1.165) is 34.2 Å². The highest BCUT2D eigenvalue weighted by Gasteiger charge is 2.06. The third-order valence-electron chi connectivity index (χ3n) is 2.55. The van der Waals surface area contributed by atoms with E-state index in [-0.39, 0.29) is 10.4 Å². The molecule has 0 aliphatic heterocycles. The van der Waals surface area contributed by atoms with E-state index < -0.39 is 0 Å². The molecule has 0 aliphatic rings. The SMILES string of the molecule is O=c1sc2ccccc2c(=O)n1CCCCBr. The summed E-state index contributed by atoms with van der Waals surface area (Å²) in [5.41, 5.74) is -0.168. The number of hydrogen-bond acceptors (Lipinski definition) is 3. The van der Waals surface area contributed by atoms with Crippen molar-refractivity contribution in [1.82, 2.24) is 4.57 Å². The third-order valence-corrected chi connectivity index (χ3v) is 4.08. The fourth-order valence-electron chi connectivity index (χ4n) is 1.67. The van der Waals surface area contributed by atoms with Gasteiger partial charge in [0.25, 0.3) is 5.56 Å². The van der Waals surface area contributed by atoms with E-state index in [1.807, 2.05) is 18.2 Å². The highest BCUT2D eigenvalue weighted by molar-refractivity contribution is 9.09. The van der Waals surface area contributed by atoms with Crippen LogP contribution in [0.5, 0.6) is 0 Å². The molecular weight excluding hydrogens is 302 g/mol. The summed E-state index contributed by atoms with van der Waals surface area (Å²) in [6, 6.07) is 7.25. The second-order valence-corrected chi connectivity index (χ2v) is 5.50. The van der Waals surface area contributed by atoms with Crippen molar-refractivity contribution in [2.24, 2.45) is 0 Å². The second kappa shape index (κ2) is 5.60. The molecule has 0 aliphatic carbocycles. The van der Waals surface area contributed by atoms with Crippen LogP contribution in [0.15, 0.2) is 33.9 Å².